The number of hydrogen-bond acceptors (Lipinski definition) is 4. The van der Waals surface area contributed by atoms with Crippen molar-refractivity contribution in [3.63, 3.8) is 0 Å². The molecule has 0 aliphatic rings. The molecule has 1 amide bonds. The van der Waals surface area contributed by atoms with Crippen molar-refractivity contribution in [3.05, 3.63) is 41.9 Å². The Morgan fingerprint density at radius 1 is 1.48 bits per heavy atom. The quantitative estimate of drug-likeness (QED) is 0.849. The van der Waals surface area contributed by atoms with Gasteiger partial charge in [0.05, 0.1) is 12.8 Å². The van der Waals surface area contributed by atoms with Crippen LogP contribution in [0.25, 0.3) is 0 Å². The first-order chi connectivity index (χ1) is 10.1. The zero-order valence-electron chi connectivity index (χ0n) is 12.3. The van der Waals surface area contributed by atoms with Crippen LogP contribution in [0.15, 0.2) is 30.6 Å². The molecule has 0 unspecified atom stereocenters. The minimum absolute atomic E-state index is 0.143. The molecule has 0 fully saturated rings. The highest BCUT2D eigenvalue weighted by Gasteiger charge is 2.12. The molecule has 0 aliphatic heterocycles. The summed E-state index contributed by atoms with van der Waals surface area (Å²) in [7, 11) is 1.56. The highest BCUT2D eigenvalue weighted by atomic mass is 16.5. The van der Waals surface area contributed by atoms with Crippen LogP contribution in [-0.2, 0) is 13.1 Å². The number of nitrogens with one attached hydrogen (secondary N) is 1. The Balaban J connectivity index is 2.04. The third-order valence-corrected chi connectivity index (χ3v) is 3.08. The number of carbonyl (C=O) groups is 1. The molecule has 2 rings (SSSR count). The third-order valence-electron chi connectivity index (χ3n) is 3.08. The average molecular weight is 288 g/mol. The van der Waals surface area contributed by atoms with E-state index in [1.165, 1.54) is 0 Å². The minimum Gasteiger partial charge on any atom is -0.481 e. The predicted octanol–water partition coefficient (Wildman–Crippen LogP) is 1.81. The van der Waals surface area contributed by atoms with Gasteiger partial charge in [-0.3, -0.25) is 4.79 Å². The molecule has 2 aromatic heterocycles. The molecule has 3 N–H and O–H groups in total. The normalized spacial score (nSPS) is 10.4. The molecule has 2 heterocycles. The lowest BCUT2D eigenvalue weighted by atomic mass is 10.2. The molecular weight excluding hydrogens is 268 g/mol. The Hall–Kier alpha value is -2.50. The van der Waals surface area contributed by atoms with Gasteiger partial charge in [-0.25, -0.2) is 4.98 Å². The van der Waals surface area contributed by atoms with Crippen molar-refractivity contribution in [2.75, 3.05) is 12.8 Å². The van der Waals surface area contributed by atoms with Gasteiger partial charge in [0.2, 0.25) is 5.88 Å². The van der Waals surface area contributed by atoms with Crippen LogP contribution in [0.5, 0.6) is 5.88 Å². The van der Waals surface area contributed by atoms with Crippen molar-refractivity contribution >= 4 is 11.6 Å². The summed E-state index contributed by atoms with van der Waals surface area (Å²) in [4.78, 5) is 16.3. The van der Waals surface area contributed by atoms with Gasteiger partial charge in [0.1, 0.15) is 5.69 Å². The van der Waals surface area contributed by atoms with Gasteiger partial charge >= 0.3 is 0 Å². The van der Waals surface area contributed by atoms with Gasteiger partial charge in [0.15, 0.2) is 0 Å². The number of aromatic nitrogens is 2. The number of carbonyl (C=O) groups excluding carboxylic acids is 1. The van der Waals surface area contributed by atoms with E-state index in [1.807, 2.05) is 10.6 Å². The van der Waals surface area contributed by atoms with Gasteiger partial charge in [-0.15, -0.1) is 0 Å². The summed E-state index contributed by atoms with van der Waals surface area (Å²) in [6.07, 6.45) is 4.38. The number of hydrogen-bond donors (Lipinski definition) is 2. The van der Waals surface area contributed by atoms with E-state index >= 15 is 0 Å². The molecule has 0 saturated carbocycles. The Morgan fingerprint density at radius 3 is 3.00 bits per heavy atom. The van der Waals surface area contributed by atoms with E-state index in [1.54, 1.807) is 31.6 Å². The average Bonchev–Trinajstić information content (AvgIpc) is 2.86. The van der Waals surface area contributed by atoms with E-state index < -0.39 is 0 Å². The van der Waals surface area contributed by atoms with Crippen LogP contribution in [0.1, 0.15) is 29.4 Å². The second-order valence-corrected chi connectivity index (χ2v) is 4.74. The maximum atomic E-state index is 12.2. The molecular formula is C15H20N4O2. The fourth-order valence-corrected chi connectivity index (χ4v) is 2.09. The first-order valence-corrected chi connectivity index (χ1v) is 6.86. The van der Waals surface area contributed by atoms with E-state index in [0.29, 0.717) is 23.8 Å². The highest BCUT2D eigenvalue weighted by Crippen LogP contribution is 2.12. The van der Waals surface area contributed by atoms with Gasteiger partial charge in [-0.05, 0) is 24.1 Å². The predicted molar refractivity (Wildman–Crippen MR) is 81.1 cm³/mol. The van der Waals surface area contributed by atoms with Gasteiger partial charge < -0.3 is 20.4 Å². The van der Waals surface area contributed by atoms with Crippen molar-refractivity contribution in [1.82, 2.24) is 14.9 Å². The monoisotopic (exact) mass is 288 g/mol. The maximum absolute atomic E-state index is 12.2. The number of nitrogen functional groups attached to an aromatic ring is 1. The van der Waals surface area contributed by atoms with Crippen molar-refractivity contribution in [1.29, 1.82) is 0 Å². The molecule has 6 heteroatoms. The van der Waals surface area contributed by atoms with Gasteiger partial charge in [0, 0.05) is 31.5 Å². The zero-order valence-corrected chi connectivity index (χ0v) is 12.3. The van der Waals surface area contributed by atoms with Crippen molar-refractivity contribution < 1.29 is 9.53 Å². The van der Waals surface area contributed by atoms with Gasteiger partial charge in [-0.2, -0.15) is 0 Å². The first kappa shape index (κ1) is 14.9. The lowest BCUT2D eigenvalue weighted by Crippen LogP contribution is -2.25. The van der Waals surface area contributed by atoms with Crippen molar-refractivity contribution in [2.45, 2.75) is 26.4 Å². The molecule has 0 radical (unpaired) electrons. The SMILES string of the molecule is CCCn1cc(N)cc1C(=O)NCc1ccnc(OC)c1. The van der Waals surface area contributed by atoms with Crippen LogP contribution in [0.2, 0.25) is 0 Å². The smallest absolute Gasteiger partial charge is 0.268 e. The van der Waals surface area contributed by atoms with Crippen molar-refractivity contribution in [2.24, 2.45) is 0 Å². The van der Waals surface area contributed by atoms with E-state index in [-0.39, 0.29) is 5.91 Å². The number of nitrogens with two attached hydrogens (primary N) is 1. The molecule has 0 saturated heterocycles. The number of ether oxygens (including phenoxy) is 1. The standard InChI is InChI=1S/C15H20N4O2/c1-3-6-19-10-12(16)8-13(19)15(20)18-9-11-4-5-17-14(7-11)21-2/h4-5,7-8,10H,3,6,9,16H2,1-2H3,(H,18,20). The number of methoxy groups -OCH3 is 1. The first-order valence-electron chi connectivity index (χ1n) is 6.86. The van der Waals surface area contributed by atoms with Crippen LogP contribution < -0.4 is 15.8 Å². The summed E-state index contributed by atoms with van der Waals surface area (Å²) in [5.74, 6) is 0.385. The van der Waals surface area contributed by atoms with E-state index in [9.17, 15) is 4.79 Å². The number of nitrogens with zero attached hydrogens (tertiary/aromatic N) is 2. The second kappa shape index (κ2) is 6.78. The summed E-state index contributed by atoms with van der Waals surface area (Å²) in [6.45, 7) is 3.24. The number of amides is 1. The second-order valence-electron chi connectivity index (χ2n) is 4.74. The molecule has 0 spiro atoms. The molecule has 0 aliphatic carbocycles. The number of anilines is 1. The Bertz CT molecular complexity index is 622. The molecule has 0 bridgehead atoms. The number of aryl methyl sites for hydroxylation is 1. The van der Waals surface area contributed by atoms with Crippen LogP contribution in [0.3, 0.4) is 0 Å². The molecule has 112 valence electrons. The molecule has 21 heavy (non-hydrogen) atoms. The maximum Gasteiger partial charge on any atom is 0.268 e. The van der Waals surface area contributed by atoms with Gasteiger partial charge in [-0.1, -0.05) is 6.92 Å². The Labute approximate surface area is 123 Å². The Morgan fingerprint density at radius 2 is 2.29 bits per heavy atom. The van der Waals surface area contributed by atoms with E-state index in [2.05, 4.69) is 17.2 Å². The van der Waals surface area contributed by atoms with E-state index in [4.69, 9.17) is 10.5 Å². The van der Waals surface area contributed by atoms with Crippen LogP contribution in [-0.4, -0.2) is 22.6 Å². The van der Waals surface area contributed by atoms with Gasteiger partial charge in [0.25, 0.3) is 5.91 Å². The van der Waals surface area contributed by atoms with Crippen LogP contribution in [0, 0.1) is 0 Å². The number of rotatable bonds is 6. The summed E-state index contributed by atoms with van der Waals surface area (Å²) < 4.78 is 6.93. The highest BCUT2D eigenvalue weighted by molar-refractivity contribution is 5.93. The fourth-order valence-electron chi connectivity index (χ4n) is 2.09. The summed E-state index contributed by atoms with van der Waals surface area (Å²) >= 11 is 0. The number of pyridine rings is 1. The molecule has 6 nitrogen and oxygen atoms in total. The molecule has 0 atom stereocenters. The summed E-state index contributed by atoms with van der Waals surface area (Å²) in [6, 6.07) is 5.32. The lowest BCUT2D eigenvalue weighted by Gasteiger charge is -2.09. The third kappa shape index (κ3) is 3.75. The minimum atomic E-state index is -0.143. The van der Waals surface area contributed by atoms with Crippen LogP contribution in [0.4, 0.5) is 5.69 Å². The lowest BCUT2D eigenvalue weighted by molar-refractivity contribution is 0.0941. The Kier molecular flexibility index (Phi) is 4.81. The summed E-state index contributed by atoms with van der Waals surface area (Å²) in [5, 5.41) is 2.88. The largest absolute Gasteiger partial charge is 0.481 e. The van der Waals surface area contributed by atoms with Crippen LogP contribution >= 0.6 is 0 Å². The summed E-state index contributed by atoms with van der Waals surface area (Å²) in [5.41, 5.74) is 7.87. The fraction of sp³-hybridized carbons (Fsp3) is 0.333. The van der Waals surface area contributed by atoms with E-state index in [0.717, 1.165) is 18.5 Å². The molecule has 0 aromatic carbocycles. The zero-order chi connectivity index (χ0) is 15.2. The molecule has 2 aromatic rings. The van der Waals surface area contributed by atoms with Crippen molar-refractivity contribution in [3.8, 4) is 5.88 Å². The topological polar surface area (TPSA) is 82.2 Å².